The third-order valence-corrected chi connectivity index (χ3v) is 2.97. The highest BCUT2D eigenvalue weighted by molar-refractivity contribution is 4.71. The summed E-state index contributed by atoms with van der Waals surface area (Å²) in [5, 5.41) is 3.57. The highest BCUT2D eigenvalue weighted by Gasteiger charge is 2.18. The summed E-state index contributed by atoms with van der Waals surface area (Å²) < 4.78 is 5.27. The molecule has 0 aliphatic rings. The Morgan fingerprint density at radius 2 is 1.56 bits per heavy atom. The fourth-order valence-electron chi connectivity index (χ4n) is 2.08. The van der Waals surface area contributed by atoms with Gasteiger partial charge in [0.05, 0.1) is 0 Å². The largest absolute Gasteiger partial charge is 0.384 e. The number of ether oxygens (including phenoxy) is 1. The van der Waals surface area contributed by atoms with Crippen LogP contribution in [0.2, 0.25) is 0 Å². The third-order valence-electron chi connectivity index (χ3n) is 2.97. The molecule has 0 bridgehead atoms. The van der Waals surface area contributed by atoms with Crippen molar-refractivity contribution in [3.63, 3.8) is 0 Å². The molecule has 0 aromatic rings. The first-order valence-corrected chi connectivity index (χ1v) is 6.67. The number of hydrogen-bond acceptors (Lipinski definition) is 2. The summed E-state index contributed by atoms with van der Waals surface area (Å²) in [6, 6.07) is 0. The SMILES string of the molecule is COCC(C)C(CNCC(C)C)CC(C)C. The van der Waals surface area contributed by atoms with E-state index in [1.165, 1.54) is 6.42 Å². The molecule has 0 heterocycles. The van der Waals surface area contributed by atoms with Crippen molar-refractivity contribution in [1.29, 1.82) is 0 Å². The third kappa shape index (κ3) is 8.12. The molecular weight excluding hydrogens is 198 g/mol. The first kappa shape index (κ1) is 15.9. The molecule has 16 heavy (non-hydrogen) atoms. The summed E-state index contributed by atoms with van der Waals surface area (Å²) in [4.78, 5) is 0. The fraction of sp³-hybridized carbons (Fsp3) is 1.00. The van der Waals surface area contributed by atoms with Crippen LogP contribution in [0, 0.1) is 23.7 Å². The van der Waals surface area contributed by atoms with Gasteiger partial charge >= 0.3 is 0 Å². The van der Waals surface area contributed by atoms with Gasteiger partial charge in [0.2, 0.25) is 0 Å². The molecule has 2 unspecified atom stereocenters. The quantitative estimate of drug-likeness (QED) is 0.655. The number of methoxy groups -OCH3 is 1. The van der Waals surface area contributed by atoms with Crippen molar-refractivity contribution >= 4 is 0 Å². The maximum atomic E-state index is 5.27. The van der Waals surface area contributed by atoms with Crippen molar-refractivity contribution in [3.8, 4) is 0 Å². The van der Waals surface area contributed by atoms with Crippen LogP contribution in [0.25, 0.3) is 0 Å². The Morgan fingerprint density at radius 1 is 0.938 bits per heavy atom. The minimum absolute atomic E-state index is 0.645. The first-order valence-electron chi connectivity index (χ1n) is 6.67. The minimum Gasteiger partial charge on any atom is -0.384 e. The second-order valence-corrected chi connectivity index (χ2v) is 5.87. The van der Waals surface area contributed by atoms with E-state index in [4.69, 9.17) is 4.74 Å². The van der Waals surface area contributed by atoms with E-state index in [9.17, 15) is 0 Å². The molecule has 0 saturated carbocycles. The lowest BCUT2D eigenvalue weighted by Gasteiger charge is -2.26. The van der Waals surface area contributed by atoms with Crippen LogP contribution in [0.1, 0.15) is 41.0 Å². The molecule has 0 spiro atoms. The molecule has 0 aliphatic carbocycles. The predicted octanol–water partition coefficient (Wildman–Crippen LogP) is 3.18. The highest BCUT2D eigenvalue weighted by Crippen LogP contribution is 2.20. The van der Waals surface area contributed by atoms with E-state index >= 15 is 0 Å². The van der Waals surface area contributed by atoms with Crippen molar-refractivity contribution in [1.82, 2.24) is 5.32 Å². The van der Waals surface area contributed by atoms with E-state index in [1.54, 1.807) is 7.11 Å². The summed E-state index contributed by atoms with van der Waals surface area (Å²) in [5.74, 6) is 2.88. The van der Waals surface area contributed by atoms with Crippen LogP contribution in [0.15, 0.2) is 0 Å². The Hall–Kier alpha value is -0.0800. The van der Waals surface area contributed by atoms with Crippen LogP contribution in [0.3, 0.4) is 0 Å². The monoisotopic (exact) mass is 229 g/mol. The van der Waals surface area contributed by atoms with E-state index in [0.29, 0.717) is 5.92 Å². The lowest BCUT2D eigenvalue weighted by atomic mass is 9.87. The zero-order valence-corrected chi connectivity index (χ0v) is 12.0. The second-order valence-electron chi connectivity index (χ2n) is 5.87. The van der Waals surface area contributed by atoms with Gasteiger partial charge in [0.1, 0.15) is 0 Å². The Morgan fingerprint density at radius 3 is 2.00 bits per heavy atom. The fourth-order valence-corrected chi connectivity index (χ4v) is 2.08. The summed E-state index contributed by atoms with van der Waals surface area (Å²) in [5.41, 5.74) is 0. The average molecular weight is 229 g/mol. The van der Waals surface area contributed by atoms with E-state index in [0.717, 1.165) is 37.5 Å². The van der Waals surface area contributed by atoms with E-state index < -0.39 is 0 Å². The molecule has 2 nitrogen and oxygen atoms in total. The van der Waals surface area contributed by atoms with Crippen molar-refractivity contribution in [2.75, 3.05) is 26.8 Å². The van der Waals surface area contributed by atoms with Gasteiger partial charge in [-0.15, -0.1) is 0 Å². The van der Waals surface area contributed by atoms with Crippen molar-refractivity contribution in [2.24, 2.45) is 23.7 Å². The van der Waals surface area contributed by atoms with Gasteiger partial charge in [-0.3, -0.25) is 0 Å². The standard InChI is InChI=1S/C14H31NO/c1-11(2)7-14(13(5)10-16-6)9-15-8-12(3)4/h11-15H,7-10H2,1-6H3. The molecule has 98 valence electrons. The normalized spacial score (nSPS) is 15.8. The van der Waals surface area contributed by atoms with Gasteiger partial charge in [-0.2, -0.15) is 0 Å². The Kier molecular flexibility index (Phi) is 8.96. The average Bonchev–Trinajstić information content (AvgIpc) is 2.15. The van der Waals surface area contributed by atoms with Crippen molar-refractivity contribution in [3.05, 3.63) is 0 Å². The molecule has 0 rings (SSSR count). The zero-order chi connectivity index (χ0) is 12.6. The van der Waals surface area contributed by atoms with E-state index in [-0.39, 0.29) is 0 Å². The lowest BCUT2D eigenvalue weighted by Crippen LogP contribution is -2.32. The van der Waals surface area contributed by atoms with Gasteiger partial charge < -0.3 is 10.1 Å². The maximum Gasteiger partial charge on any atom is 0.0490 e. The molecule has 0 aromatic heterocycles. The topological polar surface area (TPSA) is 21.3 Å². The molecule has 2 heteroatoms. The van der Waals surface area contributed by atoms with Gasteiger partial charge in [-0.25, -0.2) is 0 Å². The number of nitrogens with one attached hydrogen (secondary N) is 1. The molecule has 0 aliphatic heterocycles. The minimum atomic E-state index is 0.645. The van der Waals surface area contributed by atoms with Gasteiger partial charge in [0, 0.05) is 13.7 Å². The smallest absolute Gasteiger partial charge is 0.0490 e. The van der Waals surface area contributed by atoms with Gasteiger partial charge in [0.15, 0.2) is 0 Å². The second kappa shape index (κ2) is 9.00. The van der Waals surface area contributed by atoms with Crippen molar-refractivity contribution in [2.45, 2.75) is 41.0 Å². The zero-order valence-electron chi connectivity index (χ0n) is 12.0. The van der Waals surface area contributed by atoms with Gasteiger partial charge in [-0.05, 0) is 43.2 Å². The Bertz CT molecular complexity index is 157. The summed E-state index contributed by atoms with van der Waals surface area (Å²) in [7, 11) is 1.80. The van der Waals surface area contributed by atoms with Crippen LogP contribution in [0.5, 0.6) is 0 Å². The molecule has 1 N–H and O–H groups in total. The van der Waals surface area contributed by atoms with Crippen LogP contribution >= 0.6 is 0 Å². The van der Waals surface area contributed by atoms with Crippen LogP contribution < -0.4 is 5.32 Å². The number of rotatable bonds is 9. The summed E-state index contributed by atoms with van der Waals surface area (Å²) in [6.45, 7) is 14.5. The summed E-state index contributed by atoms with van der Waals surface area (Å²) in [6.07, 6.45) is 1.29. The van der Waals surface area contributed by atoms with Crippen LogP contribution in [-0.2, 0) is 4.74 Å². The highest BCUT2D eigenvalue weighted by atomic mass is 16.5. The van der Waals surface area contributed by atoms with Gasteiger partial charge in [-0.1, -0.05) is 34.6 Å². The van der Waals surface area contributed by atoms with E-state index in [2.05, 4.69) is 39.9 Å². The molecule has 0 radical (unpaired) electrons. The molecule has 0 fully saturated rings. The molecule has 0 aromatic carbocycles. The van der Waals surface area contributed by atoms with E-state index in [1.807, 2.05) is 0 Å². The maximum absolute atomic E-state index is 5.27. The number of hydrogen-bond donors (Lipinski definition) is 1. The first-order chi connectivity index (χ1) is 7.47. The van der Waals surface area contributed by atoms with Crippen molar-refractivity contribution < 1.29 is 4.74 Å². The van der Waals surface area contributed by atoms with Crippen LogP contribution in [0.4, 0.5) is 0 Å². The molecular formula is C14H31NO. The lowest BCUT2D eigenvalue weighted by molar-refractivity contribution is 0.120. The molecule has 2 atom stereocenters. The van der Waals surface area contributed by atoms with Crippen LogP contribution in [-0.4, -0.2) is 26.8 Å². The Balaban J connectivity index is 3.99. The predicted molar refractivity (Wildman–Crippen MR) is 71.7 cm³/mol. The summed E-state index contributed by atoms with van der Waals surface area (Å²) >= 11 is 0. The molecule has 0 amide bonds. The molecule has 0 saturated heterocycles. The van der Waals surface area contributed by atoms with Gasteiger partial charge in [0.25, 0.3) is 0 Å². The Labute approximate surface area is 102 Å².